The van der Waals surface area contributed by atoms with E-state index in [1.54, 1.807) is 5.57 Å². The van der Waals surface area contributed by atoms with Crippen molar-refractivity contribution in [1.82, 2.24) is 5.32 Å². The normalized spacial score (nSPS) is 23.6. The van der Waals surface area contributed by atoms with Crippen LogP contribution in [0.2, 0.25) is 0 Å². The van der Waals surface area contributed by atoms with E-state index in [4.69, 9.17) is 0 Å². The summed E-state index contributed by atoms with van der Waals surface area (Å²) in [6, 6.07) is 2.58. The van der Waals surface area contributed by atoms with Crippen molar-refractivity contribution >= 4 is 0 Å². The maximum absolute atomic E-state index is 9.99. The van der Waals surface area contributed by atoms with Crippen molar-refractivity contribution in [2.24, 2.45) is 10.8 Å². The molecule has 0 amide bonds. The summed E-state index contributed by atoms with van der Waals surface area (Å²) in [6.45, 7) is 17.7. The first-order valence-electron chi connectivity index (χ1n) is 13.2. The molecule has 0 radical (unpaired) electrons. The van der Waals surface area contributed by atoms with Crippen molar-refractivity contribution in [3.8, 4) is 6.07 Å². The molecule has 0 aromatic rings. The van der Waals surface area contributed by atoms with Gasteiger partial charge < -0.3 is 5.32 Å². The molecule has 2 aliphatic rings. The smallest absolute Gasteiger partial charge is 0.0955 e. The van der Waals surface area contributed by atoms with Gasteiger partial charge in [-0.3, -0.25) is 0 Å². The summed E-state index contributed by atoms with van der Waals surface area (Å²) in [5, 5.41) is 13.6. The van der Waals surface area contributed by atoms with Gasteiger partial charge in [-0.1, -0.05) is 70.3 Å². The molecule has 1 unspecified atom stereocenters. The number of nitriles is 1. The van der Waals surface area contributed by atoms with Crippen LogP contribution < -0.4 is 5.32 Å². The molecule has 1 fully saturated rings. The molecule has 32 heavy (non-hydrogen) atoms. The monoisotopic (exact) mass is 436 g/mol. The largest absolute Gasteiger partial charge is 0.317 e. The summed E-state index contributed by atoms with van der Waals surface area (Å²) < 4.78 is 0. The average molecular weight is 437 g/mol. The van der Waals surface area contributed by atoms with Gasteiger partial charge in [0.1, 0.15) is 0 Å². The molecule has 2 nitrogen and oxygen atoms in total. The third kappa shape index (κ3) is 6.48. The Morgan fingerprint density at radius 2 is 1.84 bits per heavy atom. The summed E-state index contributed by atoms with van der Waals surface area (Å²) in [4.78, 5) is 0. The van der Waals surface area contributed by atoms with Gasteiger partial charge in [0.2, 0.25) is 0 Å². The summed E-state index contributed by atoms with van der Waals surface area (Å²) in [5.41, 5.74) is 6.85. The minimum absolute atomic E-state index is 0.00976. The van der Waals surface area contributed by atoms with E-state index in [1.165, 1.54) is 62.5 Å². The molecular formula is C30H48N2. The van der Waals surface area contributed by atoms with Crippen LogP contribution in [0.4, 0.5) is 0 Å². The topological polar surface area (TPSA) is 35.8 Å². The second-order valence-electron chi connectivity index (χ2n) is 10.7. The zero-order valence-electron chi connectivity index (χ0n) is 21.7. The molecule has 0 spiro atoms. The Morgan fingerprint density at radius 3 is 2.47 bits per heavy atom. The number of hydrogen-bond acceptors (Lipinski definition) is 2. The van der Waals surface area contributed by atoms with Gasteiger partial charge in [-0.25, -0.2) is 0 Å². The Labute approximate surface area is 198 Å². The SMILES string of the molecule is C=C/C(C)=C(\C#N)C1(CC2=CCC(C)(CCCNCCCCCC)C(C)=C2C)CCCC1. The van der Waals surface area contributed by atoms with Crippen LogP contribution in [0.25, 0.3) is 0 Å². The molecule has 0 aromatic carbocycles. The van der Waals surface area contributed by atoms with Crippen molar-refractivity contribution < 1.29 is 0 Å². The Bertz CT molecular complexity index is 767. The van der Waals surface area contributed by atoms with Gasteiger partial charge in [0.15, 0.2) is 0 Å². The van der Waals surface area contributed by atoms with Crippen LogP contribution in [-0.2, 0) is 0 Å². The van der Waals surface area contributed by atoms with Crippen LogP contribution in [0.15, 0.2) is 46.6 Å². The standard InChI is InChI=1S/C30H48N2/c1-7-9-10-13-20-32-21-14-16-29(6)19-15-27(25(4)26(29)5)22-30(17-11-12-18-30)28(23-31)24(3)8-2/h8,15,32H,2,7,9-14,16-22H2,1,3-6H3/b28-24+. The molecule has 1 saturated carbocycles. The van der Waals surface area contributed by atoms with E-state index in [0.717, 1.165) is 49.9 Å². The molecule has 0 aromatic heterocycles. The van der Waals surface area contributed by atoms with Crippen molar-refractivity contribution in [3.05, 3.63) is 46.6 Å². The van der Waals surface area contributed by atoms with E-state index >= 15 is 0 Å². The first-order chi connectivity index (χ1) is 15.3. The fourth-order valence-corrected chi connectivity index (χ4v) is 5.91. The second kappa shape index (κ2) is 12.6. The maximum atomic E-state index is 9.99. The van der Waals surface area contributed by atoms with Gasteiger partial charge >= 0.3 is 0 Å². The van der Waals surface area contributed by atoms with Gasteiger partial charge in [0, 0.05) is 11.0 Å². The number of allylic oxidation sites excluding steroid dienone is 7. The zero-order chi connectivity index (χ0) is 23.6. The molecule has 2 rings (SSSR count). The number of unbranched alkanes of at least 4 members (excludes halogenated alkanes) is 3. The van der Waals surface area contributed by atoms with Crippen molar-refractivity contribution in [1.29, 1.82) is 5.26 Å². The van der Waals surface area contributed by atoms with Crippen LogP contribution in [-0.4, -0.2) is 13.1 Å². The molecule has 2 heteroatoms. The first-order valence-corrected chi connectivity index (χ1v) is 13.2. The lowest BCUT2D eigenvalue weighted by Crippen LogP contribution is -2.27. The minimum Gasteiger partial charge on any atom is -0.317 e. The highest BCUT2D eigenvalue weighted by Crippen LogP contribution is 2.53. The second-order valence-corrected chi connectivity index (χ2v) is 10.7. The Morgan fingerprint density at radius 1 is 1.16 bits per heavy atom. The number of hydrogen-bond donors (Lipinski definition) is 1. The van der Waals surface area contributed by atoms with Crippen LogP contribution >= 0.6 is 0 Å². The van der Waals surface area contributed by atoms with Crippen LogP contribution in [0, 0.1) is 22.2 Å². The number of nitrogens with one attached hydrogen (secondary N) is 1. The molecule has 2 aliphatic carbocycles. The van der Waals surface area contributed by atoms with Crippen LogP contribution in [0.3, 0.4) is 0 Å². The molecule has 0 aliphatic heterocycles. The fraction of sp³-hybridized carbons (Fsp3) is 0.700. The lowest BCUT2D eigenvalue weighted by atomic mass is 9.66. The van der Waals surface area contributed by atoms with Crippen LogP contribution in [0.1, 0.15) is 112 Å². The Kier molecular flexibility index (Phi) is 10.5. The quantitative estimate of drug-likeness (QED) is 0.178. The molecule has 0 heterocycles. The lowest BCUT2D eigenvalue weighted by Gasteiger charge is -2.38. The summed E-state index contributed by atoms with van der Waals surface area (Å²) >= 11 is 0. The van der Waals surface area contributed by atoms with E-state index in [9.17, 15) is 5.26 Å². The van der Waals surface area contributed by atoms with Gasteiger partial charge in [0.05, 0.1) is 6.07 Å². The minimum atomic E-state index is 0.00976. The van der Waals surface area contributed by atoms with Crippen molar-refractivity contribution in [2.45, 2.75) is 112 Å². The van der Waals surface area contributed by atoms with E-state index < -0.39 is 0 Å². The molecule has 1 atom stereocenters. The third-order valence-electron chi connectivity index (χ3n) is 8.47. The maximum Gasteiger partial charge on any atom is 0.0955 e. The van der Waals surface area contributed by atoms with Gasteiger partial charge in [-0.2, -0.15) is 5.26 Å². The van der Waals surface area contributed by atoms with E-state index in [1.807, 2.05) is 6.08 Å². The molecule has 1 N–H and O–H groups in total. The molecule has 178 valence electrons. The first kappa shape index (κ1) is 26.7. The van der Waals surface area contributed by atoms with Gasteiger partial charge in [0.25, 0.3) is 0 Å². The predicted molar refractivity (Wildman–Crippen MR) is 139 cm³/mol. The van der Waals surface area contributed by atoms with Crippen molar-refractivity contribution in [3.63, 3.8) is 0 Å². The summed E-state index contributed by atoms with van der Waals surface area (Å²) in [7, 11) is 0. The highest BCUT2D eigenvalue weighted by Gasteiger charge is 2.40. The van der Waals surface area contributed by atoms with Crippen molar-refractivity contribution in [2.75, 3.05) is 13.1 Å². The number of rotatable bonds is 13. The van der Waals surface area contributed by atoms with E-state index in [0.29, 0.717) is 0 Å². The molecular weight excluding hydrogens is 388 g/mol. The summed E-state index contributed by atoms with van der Waals surface area (Å²) in [5.74, 6) is 0. The third-order valence-corrected chi connectivity index (χ3v) is 8.47. The fourth-order valence-electron chi connectivity index (χ4n) is 5.91. The van der Waals surface area contributed by atoms with E-state index in [2.05, 4.69) is 58.7 Å². The molecule has 0 saturated heterocycles. The number of nitrogens with zero attached hydrogens (tertiary/aromatic N) is 1. The Balaban J connectivity index is 2.02. The highest BCUT2D eigenvalue weighted by molar-refractivity contribution is 5.45. The molecule has 0 bridgehead atoms. The van der Waals surface area contributed by atoms with E-state index in [-0.39, 0.29) is 10.8 Å². The lowest BCUT2D eigenvalue weighted by molar-refractivity contribution is 0.335. The zero-order valence-corrected chi connectivity index (χ0v) is 21.7. The highest BCUT2D eigenvalue weighted by atomic mass is 14.8. The predicted octanol–water partition coefficient (Wildman–Crippen LogP) is 8.59. The Hall–Kier alpha value is -1.59. The van der Waals surface area contributed by atoms with Gasteiger partial charge in [-0.15, -0.1) is 0 Å². The van der Waals surface area contributed by atoms with Gasteiger partial charge in [-0.05, 0) is 101 Å². The van der Waals surface area contributed by atoms with Crippen LogP contribution in [0.5, 0.6) is 0 Å². The summed E-state index contributed by atoms with van der Waals surface area (Å²) in [6.07, 6.45) is 19.1. The average Bonchev–Trinajstić information content (AvgIpc) is 3.26.